The number of rotatable bonds is 12. The lowest BCUT2D eigenvalue weighted by atomic mass is 10.1. The number of hydrogen-bond donors (Lipinski definition) is 2. The molecule has 0 spiro atoms. The van der Waals surface area contributed by atoms with Gasteiger partial charge in [-0.25, -0.2) is 13.4 Å². The van der Waals surface area contributed by atoms with Crippen LogP contribution in [0.5, 0.6) is 5.75 Å². The van der Waals surface area contributed by atoms with Gasteiger partial charge in [-0.2, -0.15) is 4.72 Å². The third-order valence-electron chi connectivity index (χ3n) is 4.79. The number of nitrogens with zero attached hydrogens (tertiary/aromatic N) is 2. The van der Waals surface area contributed by atoms with Crippen molar-refractivity contribution in [3.63, 3.8) is 0 Å². The Balaban J connectivity index is 1.67. The standard InChI is InChI=1S/C23H28N4O4S/c1-2-31-20-9-11-21(12-10-20)32(29,30)26-22(17-19-7-4-3-5-8-19)23(28)25-13-6-15-27-16-14-24-18-27/h3-5,7-12,14,16,18,22,26H,2,6,13,15,17H2,1H3,(H,25,28). The van der Waals surface area contributed by atoms with Gasteiger partial charge in [0.05, 0.1) is 17.8 Å². The minimum Gasteiger partial charge on any atom is -0.494 e. The van der Waals surface area contributed by atoms with Crippen molar-refractivity contribution < 1.29 is 17.9 Å². The molecule has 1 amide bonds. The van der Waals surface area contributed by atoms with Gasteiger partial charge in [-0.05, 0) is 49.6 Å². The number of amides is 1. The van der Waals surface area contributed by atoms with E-state index in [-0.39, 0.29) is 17.2 Å². The van der Waals surface area contributed by atoms with Crippen molar-refractivity contribution in [3.8, 4) is 5.75 Å². The molecule has 0 aliphatic heterocycles. The lowest BCUT2D eigenvalue weighted by Gasteiger charge is -2.19. The van der Waals surface area contributed by atoms with Crippen LogP contribution in [0, 0.1) is 0 Å². The fraction of sp³-hybridized carbons (Fsp3) is 0.304. The predicted molar refractivity (Wildman–Crippen MR) is 122 cm³/mol. The van der Waals surface area contributed by atoms with Gasteiger partial charge in [-0.1, -0.05) is 30.3 Å². The lowest BCUT2D eigenvalue weighted by molar-refractivity contribution is -0.122. The second kappa shape index (κ2) is 11.4. The topological polar surface area (TPSA) is 102 Å². The largest absolute Gasteiger partial charge is 0.494 e. The van der Waals surface area contributed by atoms with E-state index in [9.17, 15) is 13.2 Å². The van der Waals surface area contributed by atoms with Gasteiger partial charge >= 0.3 is 0 Å². The molecule has 2 aromatic carbocycles. The van der Waals surface area contributed by atoms with Gasteiger partial charge in [0.25, 0.3) is 0 Å². The number of hydrogen-bond acceptors (Lipinski definition) is 5. The summed E-state index contributed by atoms with van der Waals surface area (Å²) in [7, 11) is -3.90. The summed E-state index contributed by atoms with van der Waals surface area (Å²) in [4.78, 5) is 16.9. The second-order valence-corrected chi connectivity index (χ2v) is 8.93. The molecule has 8 nitrogen and oxygen atoms in total. The second-order valence-electron chi connectivity index (χ2n) is 7.21. The van der Waals surface area contributed by atoms with Gasteiger partial charge < -0.3 is 14.6 Å². The first-order valence-corrected chi connectivity index (χ1v) is 12.0. The summed E-state index contributed by atoms with van der Waals surface area (Å²) >= 11 is 0. The van der Waals surface area contributed by atoms with E-state index in [0.29, 0.717) is 31.9 Å². The Morgan fingerprint density at radius 3 is 2.53 bits per heavy atom. The summed E-state index contributed by atoms with van der Waals surface area (Å²) in [6.45, 7) is 3.48. The molecule has 3 rings (SSSR count). The van der Waals surface area contributed by atoms with E-state index < -0.39 is 16.1 Å². The monoisotopic (exact) mass is 456 g/mol. The third-order valence-corrected chi connectivity index (χ3v) is 6.28. The summed E-state index contributed by atoms with van der Waals surface area (Å²) in [5.41, 5.74) is 0.862. The molecule has 9 heteroatoms. The molecule has 0 bridgehead atoms. The van der Waals surface area contributed by atoms with E-state index in [1.807, 2.05) is 48.0 Å². The molecule has 0 saturated heterocycles. The molecule has 0 aliphatic rings. The van der Waals surface area contributed by atoms with Crippen molar-refractivity contribution >= 4 is 15.9 Å². The van der Waals surface area contributed by atoms with Crippen LogP contribution in [0.4, 0.5) is 0 Å². The first-order valence-electron chi connectivity index (χ1n) is 10.5. The number of carbonyl (C=O) groups is 1. The Kier molecular flexibility index (Phi) is 8.41. The highest BCUT2D eigenvalue weighted by Gasteiger charge is 2.26. The fourth-order valence-corrected chi connectivity index (χ4v) is 4.39. The number of imidazole rings is 1. The van der Waals surface area contributed by atoms with Gasteiger partial charge in [-0.3, -0.25) is 4.79 Å². The minimum absolute atomic E-state index is 0.0759. The van der Waals surface area contributed by atoms with E-state index in [4.69, 9.17) is 4.74 Å². The highest BCUT2D eigenvalue weighted by atomic mass is 32.2. The van der Waals surface area contributed by atoms with E-state index in [2.05, 4.69) is 15.0 Å². The molecule has 0 aliphatic carbocycles. The highest BCUT2D eigenvalue weighted by molar-refractivity contribution is 7.89. The Hall–Kier alpha value is -3.17. The van der Waals surface area contributed by atoms with Crippen molar-refractivity contribution in [2.24, 2.45) is 0 Å². The third kappa shape index (κ3) is 6.93. The van der Waals surface area contributed by atoms with Crippen LogP contribution in [0.2, 0.25) is 0 Å². The molecule has 0 fully saturated rings. The van der Waals surface area contributed by atoms with E-state index in [1.54, 1.807) is 24.7 Å². The number of sulfonamides is 1. The lowest BCUT2D eigenvalue weighted by Crippen LogP contribution is -2.48. The van der Waals surface area contributed by atoms with Crippen LogP contribution in [-0.2, 0) is 27.8 Å². The molecule has 3 aromatic rings. The first-order chi connectivity index (χ1) is 15.5. The summed E-state index contributed by atoms with van der Waals surface area (Å²) in [5.74, 6) is 0.219. The zero-order valence-corrected chi connectivity index (χ0v) is 18.8. The summed E-state index contributed by atoms with van der Waals surface area (Å²) in [6, 6.07) is 14.5. The number of aromatic nitrogens is 2. The van der Waals surface area contributed by atoms with Crippen LogP contribution in [-0.4, -0.2) is 43.1 Å². The van der Waals surface area contributed by atoms with Gasteiger partial charge in [-0.15, -0.1) is 0 Å². The van der Waals surface area contributed by atoms with E-state index >= 15 is 0 Å². The molecule has 0 saturated carbocycles. The number of carbonyl (C=O) groups excluding carboxylic acids is 1. The average molecular weight is 457 g/mol. The average Bonchev–Trinajstić information content (AvgIpc) is 3.31. The van der Waals surface area contributed by atoms with Crippen LogP contribution in [0.15, 0.2) is 78.2 Å². The molecule has 1 atom stereocenters. The van der Waals surface area contributed by atoms with Crippen molar-refractivity contribution in [3.05, 3.63) is 78.9 Å². The normalized spacial score (nSPS) is 12.3. The Labute approximate surface area is 188 Å². The summed E-state index contributed by atoms with van der Waals surface area (Å²) in [5, 5.41) is 2.85. The van der Waals surface area contributed by atoms with E-state index in [0.717, 1.165) is 5.56 Å². The molecule has 1 aromatic heterocycles. The van der Waals surface area contributed by atoms with Crippen LogP contribution in [0.3, 0.4) is 0 Å². The van der Waals surface area contributed by atoms with Crippen LogP contribution in [0.1, 0.15) is 18.9 Å². The maximum absolute atomic E-state index is 12.9. The van der Waals surface area contributed by atoms with Crippen molar-refractivity contribution in [2.75, 3.05) is 13.2 Å². The van der Waals surface area contributed by atoms with Crippen LogP contribution < -0.4 is 14.8 Å². The first kappa shape index (κ1) is 23.5. The van der Waals surface area contributed by atoms with Crippen molar-refractivity contribution in [2.45, 2.75) is 37.2 Å². The zero-order valence-electron chi connectivity index (χ0n) is 18.0. The number of aryl methyl sites for hydroxylation is 1. The van der Waals surface area contributed by atoms with Crippen LogP contribution >= 0.6 is 0 Å². The molecule has 170 valence electrons. The molecule has 32 heavy (non-hydrogen) atoms. The SMILES string of the molecule is CCOc1ccc(S(=O)(=O)NC(Cc2ccccc2)C(=O)NCCCn2ccnc2)cc1. The molecule has 0 radical (unpaired) electrons. The maximum atomic E-state index is 12.9. The van der Waals surface area contributed by atoms with Gasteiger partial charge in [0, 0.05) is 25.5 Å². The number of nitrogens with one attached hydrogen (secondary N) is 2. The summed E-state index contributed by atoms with van der Waals surface area (Å²) in [6.07, 6.45) is 6.20. The number of benzene rings is 2. The van der Waals surface area contributed by atoms with Crippen molar-refractivity contribution in [1.82, 2.24) is 19.6 Å². The quantitative estimate of drug-likeness (QED) is 0.408. The van der Waals surface area contributed by atoms with Crippen LogP contribution in [0.25, 0.3) is 0 Å². The Bertz CT molecular complexity index is 1070. The predicted octanol–water partition coefficient (Wildman–Crippen LogP) is 2.38. The molecule has 1 heterocycles. The van der Waals surface area contributed by atoms with Gasteiger partial charge in [0.1, 0.15) is 11.8 Å². The molecular weight excluding hydrogens is 428 g/mol. The minimum atomic E-state index is -3.90. The van der Waals surface area contributed by atoms with E-state index in [1.165, 1.54) is 12.1 Å². The highest BCUT2D eigenvalue weighted by Crippen LogP contribution is 2.17. The molecule has 2 N–H and O–H groups in total. The van der Waals surface area contributed by atoms with Gasteiger partial charge in [0.15, 0.2) is 0 Å². The van der Waals surface area contributed by atoms with Crippen molar-refractivity contribution in [1.29, 1.82) is 0 Å². The Morgan fingerprint density at radius 2 is 1.88 bits per heavy atom. The van der Waals surface area contributed by atoms with Gasteiger partial charge in [0.2, 0.25) is 15.9 Å². The maximum Gasteiger partial charge on any atom is 0.241 e. The molecule has 1 unspecified atom stereocenters. The summed E-state index contributed by atoms with van der Waals surface area (Å²) < 4.78 is 35.8. The Morgan fingerprint density at radius 1 is 1.12 bits per heavy atom. The smallest absolute Gasteiger partial charge is 0.241 e. The number of ether oxygens (including phenoxy) is 1. The zero-order chi connectivity index (χ0) is 22.8. The fourth-order valence-electron chi connectivity index (χ4n) is 3.19. The molecular formula is C23H28N4O4S.